The van der Waals surface area contributed by atoms with Gasteiger partial charge in [0, 0.05) is 12.1 Å². The third-order valence-electron chi connectivity index (χ3n) is 4.59. The van der Waals surface area contributed by atoms with Crippen molar-refractivity contribution in [1.82, 2.24) is 20.4 Å². The summed E-state index contributed by atoms with van der Waals surface area (Å²) in [7, 11) is 1.31. The fraction of sp³-hybridized carbons (Fsp3) is 0.368. The first-order valence-corrected chi connectivity index (χ1v) is 8.86. The van der Waals surface area contributed by atoms with Crippen LogP contribution >= 0.6 is 0 Å². The van der Waals surface area contributed by atoms with Crippen LogP contribution in [0.3, 0.4) is 0 Å². The maximum atomic E-state index is 12.5. The summed E-state index contributed by atoms with van der Waals surface area (Å²) in [4.78, 5) is 38.1. The first-order chi connectivity index (χ1) is 13.1. The molecule has 2 heterocycles. The Bertz CT molecular complexity index is 818. The maximum Gasteiger partial charge on any atom is 0.328 e. The highest BCUT2D eigenvalue weighted by Gasteiger charge is 2.32. The molecular formula is C19H22N4O4. The number of hydrogen-bond acceptors (Lipinski definition) is 5. The molecule has 0 spiro atoms. The second-order valence-electron chi connectivity index (χ2n) is 6.34. The van der Waals surface area contributed by atoms with Gasteiger partial charge in [-0.05, 0) is 25.3 Å². The van der Waals surface area contributed by atoms with Crippen LogP contribution in [0.15, 0.2) is 36.4 Å². The van der Waals surface area contributed by atoms with E-state index in [1.165, 1.54) is 12.0 Å². The third-order valence-corrected chi connectivity index (χ3v) is 4.59. The molecule has 1 unspecified atom stereocenters. The average molecular weight is 370 g/mol. The predicted molar refractivity (Wildman–Crippen MR) is 97.7 cm³/mol. The predicted octanol–water partition coefficient (Wildman–Crippen LogP) is 1.36. The van der Waals surface area contributed by atoms with E-state index in [1.807, 2.05) is 30.3 Å². The largest absolute Gasteiger partial charge is 0.467 e. The van der Waals surface area contributed by atoms with Crippen LogP contribution < -0.4 is 5.32 Å². The summed E-state index contributed by atoms with van der Waals surface area (Å²) >= 11 is 0. The van der Waals surface area contributed by atoms with Crippen LogP contribution in [-0.2, 0) is 14.3 Å². The zero-order valence-electron chi connectivity index (χ0n) is 15.1. The lowest BCUT2D eigenvalue weighted by Gasteiger charge is -2.33. The van der Waals surface area contributed by atoms with Crippen molar-refractivity contribution >= 4 is 17.8 Å². The summed E-state index contributed by atoms with van der Waals surface area (Å²) in [5, 5.41) is 9.40. The first kappa shape index (κ1) is 18.6. The summed E-state index contributed by atoms with van der Waals surface area (Å²) in [6, 6.07) is 10.5. The Balaban J connectivity index is 1.59. The van der Waals surface area contributed by atoms with Crippen molar-refractivity contribution in [1.29, 1.82) is 0 Å². The third kappa shape index (κ3) is 4.33. The van der Waals surface area contributed by atoms with Crippen molar-refractivity contribution in [2.75, 3.05) is 20.2 Å². The molecule has 1 aliphatic rings. The summed E-state index contributed by atoms with van der Waals surface area (Å²) in [5.74, 6) is -1.15. The number of likely N-dealkylation sites (tertiary alicyclic amines) is 1. The Kier molecular flexibility index (Phi) is 5.85. The van der Waals surface area contributed by atoms with Crippen molar-refractivity contribution in [3.63, 3.8) is 0 Å². The maximum absolute atomic E-state index is 12.5. The van der Waals surface area contributed by atoms with Crippen LogP contribution in [0, 0.1) is 0 Å². The molecule has 3 rings (SSSR count). The fourth-order valence-electron chi connectivity index (χ4n) is 3.16. The van der Waals surface area contributed by atoms with E-state index in [1.54, 1.807) is 6.07 Å². The molecule has 2 amide bonds. The number of aromatic amines is 1. The average Bonchev–Trinajstić information content (AvgIpc) is 3.22. The molecule has 1 aromatic carbocycles. The van der Waals surface area contributed by atoms with Crippen molar-refractivity contribution in [2.24, 2.45) is 0 Å². The van der Waals surface area contributed by atoms with Crippen molar-refractivity contribution in [2.45, 2.75) is 25.3 Å². The van der Waals surface area contributed by atoms with Gasteiger partial charge < -0.3 is 15.0 Å². The molecule has 0 saturated carbocycles. The smallest absolute Gasteiger partial charge is 0.328 e. The highest BCUT2D eigenvalue weighted by molar-refractivity contribution is 5.96. The summed E-state index contributed by atoms with van der Waals surface area (Å²) < 4.78 is 4.78. The Labute approximate surface area is 156 Å². The fourth-order valence-corrected chi connectivity index (χ4v) is 3.16. The van der Waals surface area contributed by atoms with Gasteiger partial charge in [-0.3, -0.25) is 14.7 Å². The molecule has 1 aliphatic heterocycles. The van der Waals surface area contributed by atoms with Gasteiger partial charge in [-0.25, -0.2) is 4.79 Å². The van der Waals surface area contributed by atoms with Crippen molar-refractivity contribution in [3.8, 4) is 11.3 Å². The zero-order chi connectivity index (χ0) is 19.2. The van der Waals surface area contributed by atoms with E-state index in [0.717, 1.165) is 18.4 Å². The number of ether oxygens (including phenoxy) is 1. The van der Waals surface area contributed by atoms with E-state index in [2.05, 4.69) is 15.5 Å². The summed E-state index contributed by atoms with van der Waals surface area (Å²) in [6.45, 7) is 0.294. The Hall–Kier alpha value is -3.16. The van der Waals surface area contributed by atoms with Gasteiger partial charge in [0.15, 0.2) is 0 Å². The molecule has 2 aromatic rings. The molecule has 0 aliphatic carbocycles. The minimum absolute atomic E-state index is 0.188. The zero-order valence-corrected chi connectivity index (χ0v) is 15.1. The molecule has 1 fully saturated rings. The Morgan fingerprint density at radius 3 is 2.78 bits per heavy atom. The lowest BCUT2D eigenvalue weighted by molar-refractivity contribution is -0.154. The highest BCUT2D eigenvalue weighted by atomic mass is 16.5. The second kappa shape index (κ2) is 8.48. The Morgan fingerprint density at radius 1 is 1.26 bits per heavy atom. The molecule has 0 radical (unpaired) electrons. The number of methoxy groups -OCH3 is 1. The number of carbonyl (C=O) groups excluding carboxylic acids is 3. The number of hydrogen-bond donors (Lipinski definition) is 2. The topological polar surface area (TPSA) is 104 Å². The molecule has 142 valence electrons. The summed E-state index contributed by atoms with van der Waals surface area (Å²) in [5.41, 5.74) is 1.80. The van der Waals surface area contributed by atoms with Crippen LogP contribution in [0.5, 0.6) is 0 Å². The van der Waals surface area contributed by atoms with Gasteiger partial charge in [0.25, 0.3) is 5.91 Å². The normalized spacial score (nSPS) is 16.6. The van der Waals surface area contributed by atoms with E-state index < -0.39 is 17.9 Å². The number of esters is 1. The van der Waals surface area contributed by atoms with Crippen molar-refractivity contribution < 1.29 is 19.1 Å². The van der Waals surface area contributed by atoms with Crippen LogP contribution in [0.25, 0.3) is 11.3 Å². The molecule has 8 heteroatoms. The van der Waals surface area contributed by atoms with E-state index in [9.17, 15) is 14.4 Å². The van der Waals surface area contributed by atoms with Gasteiger partial charge in [0.2, 0.25) is 5.91 Å². The van der Waals surface area contributed by atoms with Gasteiger partial charge in [-0.15, -0.1) is 0 Å². The van der Waals surface area contributed by atoms with E-state index >= 15 is 0 Å². The quantitative estimate of drug-likeness (QED) is 0.774. The van der Waals surface area contributed by atoms with E-state index in [-0.39, 0.29) is 18.1 Å². The minimum atomic E-state index is -0.579. The number of carbonyl (C=O) groups is 3. The number of aromatic nitrogens is 2. The molecule has 1 aromatic heterocycles. The van der Waals surface area contributed by atoms with Crippen LogP contribution in [0.4, 0.5) is 0 Å². The van der Waals surface area contributed by atoms with E-state index in [0.29, 0.717) is 18.7 Å². The van der Waals surface area contributed by atoms with Gasteiger partial charge in [0.05, 0.1) is 19.3 Å². The van der Waals surface area contributed by atoms with Crippen molar-refractivity contribution in [3.05, 3.63) is 42.1 Å². The van der Waals surface area contributed by atoms with Gasteiger partial charge in [-0.1, -0.05) is 30.3 Å². The van der Waals surface area contributed by atoms with Crippen LogP contribution in [-0.4, -0.2) is 59.1 Å². The molecule has 1 saturated heterocycles. The number of benzene rings is 1. The minimum Gasteiger partial charge on any atom is -0.467 e. The molecule has 1 atom stereocenters. The van der Waals surface area contributed by atoms with Crippen LogP contribution in [0.1, 0.15) is 29.8 Å². The standard InChI is InChI=1S/C19H22N4O4/c1-27-19(26)16-9-5-6-10-23(16)17(24)12-20-18(25)15-11-14(21-22-15)13-7-3-2-4-8-13/h2-4,7-8,11,16H,5-6,9-10,12H2,1H3,(H,20,25)(H,21,22). The van der Waals surface area contributed by atoms with Gasteiger partial charge in [0.1, 0.15) is 11.7 Å². The van der Waals surface area contributed by atoms with E-state index in [4.69, 9.17) is 4.74 Å². The van der Waals surface area contributed by atoms with Gasteiger partial charge in [-0.2, -0.15) is 5.10 Å². The van der Waals surface area contributed by atoms with Crippen LogP contribution in [0.2, 0.25) is 0 Å². The van der Waals surface area contributed by atoms with Gasteiger partial charge >= 0.3 is 5.97 Å². The molecule has 2 N–H and O–H groups in total. The number of rotatable bonds is 5. The lowest BCUT2D eigenvalue weighted by atomic mass is 10.0. The number of nitrogens with one attached hydrogen (secondary N) is 2. The molecule has 8 nitrogen and oxygen atoms in total. The monoisotopic (exact) mass is 370 g/mol. The molecular weight excluding hydrogens is 348 g/mol. The number of nitrogens with zero attached hydrogens (tertiary/aromatic N) is 2. The summed E-state index contributed by atoms with van der Waals surface area (Å²) in [6.07, 6.45) is 2.27. The Morgan fingerprint density at radius 2 is 2.04 bits per heavy atom. The SMILES string of the molecule is COC(=O)C1CCCCN1C(=O)CNC(=O)c1cc(-c2ccccc2)n[nH]1. The number of H-pyrrole nitrogens is 1. The second-order valence-corrected chi connectivity index (χ2v) is 6.34. The number of piperidine rings is 1. The highest BCUT2D eigenvalue weighted by Crippen LogP contribution is 2.19. The first-order valence-electron chi connectivity index (χ1n) is 8.86. The number of amides is 2. The molecule has 0 bridgehead atoms. The molecule has 27 heavy (non-hydrogen) atoms. The lowest BCUT2D eigenvalue weighted by Crippen LogP contribution is -2.51.